The van der Waals surface area contributed by atoms with E-state index < -0.39 is 5.82 Å². The average molecular weight is 279 g/mol. The minimum Gasteiger partial charge on any atom is -0.324 e. The number of aryl methyl sites for hydroxylation is 1. The molecule has 1 heterocycles. The molecule has 19 heavy (non-hydrogen) atoms. The molecule has 2 rings (SSSR count). The van der Waals surface area contributed by atoms with E-state index in [1.807, 2.05) is 18.3 Å². The number of rotatable bonds is 4. The summed E-state index contributed by atoms with van der Waals surface area (Å²) in [6.45, 7) is 2.08. The zero-order valence-corrected chi connectivity index (χ0v) is 11.5. The molecule has 1 atom stereocenters. The maximum atomic E-state index is 13.4. The number of hydrogen-bond acceptors (Lipinski definition) is 2. The van der Waals surface area contributed by atoms with Gasteiger partial charge in [-0.25, -0.2) is 4.39 Å². The van der Waals surface area contributed by atoms with E-state index >= 15 is 0 Å². The van der Waals surface area contributed by atoms with Crippen LogP contribution in [0.15, 0.2) is 36.5 Å². The highest BCUT2D eigenvalue weighted by atomic mass is 35.5. The molecule has 0 aliphatic heterocycles. The van der Waals surface area contributed by atoms with Crippen LogP contribution in [0.5, 0.6) is 0 Å². The maximum absolute atomic E-state index is 13.4. The van der Waals surface area contributed by atoms with Gasteiger partial charge in [0.25, 0.3) is 0 Å². The normalized spacial score (nSPS) is 12.4. The number of benzene rings is 1. The molecule has 2 aromatic rings. The second-order valence-electron chi connectivity index (χ2n) is 4.47. The average Bonchev–Trinajstić information content (AvgIpc) is 2.42. The first kappa shape index (κ1) is 14.0. The van der Waals surface area contributed by atoms with Crippen LogP contribution >= 0.6 is 11.6 Å². The lowest BCUT2D eigenvalue weighted by Crippen LogP contribution is -2.15. The first-order chi connectivity index (χ1) is 9.11. The molecule has 100 valence electrons. The molecular formula is C15H16ClFN2. The number of nitrogens with zero attached hydrogens (tertiary/aromatic N) is 1. The molecule has 0 saturated heterocycles. The molecule has 0 fully saturated rings. The van der Waals surface area contributed by atoms with Crippen LogP contribution in [-0.2, 0) is 12.8 Å². The Morgan fingerprint density at radius 3 is 2.74 bits per heavy atom. The first-order valence-electron chi connectivity index (χ1n) is 6.25. The summed E-state index contributed by atoms with van der Waals surface area (Å²) < 4.78 is 13.4. The van der Waals surface area contributed by atoms with Gasteiger partial charge in [-0.2, -0.15) is 0 Å². The van der Waals surface area contributed by atoms with Gasteiger partial charge in [0, 0.05) is 24.4 Å². The molecule has 2 N–H and O–H groups in total. The smallest absolute Gasteiger partial charge is 0.142 e. The van der Waals surface area contributed by atoms with Crippen LogP contribution in [0.3, 0.4) is 0 Å². The summed E-state index contributed by atoms with van der Waals surface area (Å²) in [5.74, 6) is -0.441. The van der Waals surface area contributed by atoms with Gasteiger partial charge in [0.1, 0.15) is 5.82 Å². The minimum absolute atomic E-state index is 0.0974. The minimum atomic E-state index is -0.441. The van der Waals surface area contributed by atoms with Crippen molar-refractivity contribution in [1.82, 2.24) is 4.98 Å². The summed E-state index contributed by atoms with van der Waals surface area (Å²) in [7, 11) is 0. The van der Waals surface area contributed by atoms with Crippen LogP contribution in [0, 0.1) is 5.82 Å². The summed E-state index contributed by atoms with van der Waals surface area (Å²) in [6.07, 6.45) is 3.33. The molecule has 2 nitrogen and oxygen atoms in total. The van der Waals surface area contributed by atoms with Gasteiger partial charge in [0.2, 0.25) is 0 Å². The van der Waals surface area contributed by atoms with Gasteiger partial charge in [0.05, 0.1) is 5.02 Å². The summed E-state index contributed by atoms with van der Waals surface area (Å²) >= 11 is 5.93. The van der Waals surface area contributed by atoms with E-state index in [4.69, 9.17) is 17.3 Å². The Hall–Kier alpha value is -1.45. The lowest BCUT2D eigenvalue weighted by atomic mass is 10.0. The third-order valence-corrected chi connectivity index (χ3v) is 3.50. The topological polar surface area (TPSA) is 38.9 Å². The Morgan fingerprint density at radius 1 is 1.32 bits per heavy atom. The SMILES string of the molecule is CCc1ccc(CC(N)c2cccc(F)c2Cl)nc1. The number of nitrogens with two attached hydrogens (primary N) is 1. The molecule has 4 heteroatoms. The van der Waals surface area contributed by atoms with Crippen LogP contribution in [0.4, 0.5) is 4.39 Å². The molecule has 1 aromatic heterocycles. The van der Waals surface area contributed by atoms with Crippen molar-refractivity contribution >= 4 is 11.6 Å². The zero-order chi connectivity index (χ0) is 13.8. The van der Waals surface area contributed by atoms with Crippen molar-refractivity contribution in [2.24, 2.45) is 5.73 Å². The van der Waals surface area contributed by atoms with Crippen LogP contribution in [0.2, 0.25) is 5.02 Å². The number of halogens is 2. The predicted octanol–water partition coefficient (Wildman–Crippen LogP) is 3.68. The van der Waals surface area contributed by atoms with Crippen molar-refractivity contribution < 1.29 is 4.39 Å². The molecule has 0 saturated carbocycles. The van der Waals surface area contributed by atoms with Gasteiger partial charge < -0.3 is 5.73 Å². The number of pyridine rings is 1. The first-order valence-corrected chi connectivity index (χ1v) is 6.63. The van der Waals surface area contributed by atoms with Gasteiger partial charge in [-0.15, -0.1) is 0 Å². The van der Waals surface area contributed by atoms with Gasteiger partial charge in [0.15, 0.2) is 0 Å². The molecule has 0 aliphatic carbocycles. The van der Waals surface area contributed by atoms with Crippen molar-refractivity contribution in [2.75, 3.05) is 0 Å². The maximum Gasteiger partial charge on any atom is 0.142 e. The second kappa shape index (κ2) is 6.13. The van der Waals surface area contributed by atoms with Crippen LogP contribution < -0.4 is 5.73 Å². The van der Waals surface area contributed by atoms with E-state index in [1.54, 1.807) is 12.1 Å². The highest BCUT2D eigenvalue weighted by molar-refractivity contribution is 6.31. The Morgan fingerprint density at radius 2 is 2.11 bits per heavy atom. The van der Waals surface area contributed by atoms with E-state index in [2.05, 4.69) is 11.9 Å². The van der Waals surface area contributed by atoms with Gasteiger partial charge in [-0.1, -0.05) is 36.7 Å². The fraction of sp³-hybridized carbons (Fsp3) is 0.267. The second-order valence-corrected chi connectivity index (χ2v) is 4.84. The summed E-state index contributed by atoms with van der Waals surface area (Å²) in [6, 6.07) is 8.31. The molecule has 0 amide bonds. The predicted molar refractivity (Wildman–Crippen MR) is 75.7 cm³/mol. The summed E-state index contributed by atoms with van der Waals surface area (Å²) in [4.78, 5) is 4.35. The van der Waals surface area contributed by atoms with E-state index in [0.717, 1.165) is 12.1 Å². The number of aromatic nitrogens is 1. The van der Waals surface area contributed by atoms with Crippen LogP contribution in [-0.4, -0.2) is 4.98 Å². The summed E-state index contributed by atoms with van der Waals surface area (Å²) in [5.41, 5.74) is 8.75. The van der Waals surface area contributed by atoms with Crippen molar-refractivity contribution in [3.05, 3.63) is 64.2 Å². The van der Waals surface area contributed by atoms with E-state index in [0.29, 0.717) is 12.0 Å². The Kier molecular flexibility index (Phi) is 4.51. The zero-order valence-electron chi connectivity index (χ0n) is 10.7. The fourth-order valence-electron chi connectivity index (χ4n) is 1.93. The molecule has 0 spiro atoms. The van der Waals surface area contributed by atoms with Crippen molar-refractivity contribution in [3.63, 3.8) is 0 Å². The van der Waals surface area contributed by atoms with Crippen molar-refractivity contribution in [2.45, 2.75) is 25.8 Å². The molecular weight excluding hydrogens is 263 g/mol. The Labute approximate surface area is 117 Å². The summed E-state index contributed by atoms with van der Waals surface area (Å²) in [5, 5.41) is 0.0974. The van der Waals surface area contributed by atoms with Gasteiger partial charge in [-0.05, 0) is 29.7 Å². The van der Waals surface area contributed by atoms with Crippen LogP contribution in [0.25, 0.3) is 0 Å². The molecule has 0 aliphatic rings. The van der Waals surface area contributed by atoms with E-state index in [-0.39, 0.29) is 11.1 Å². The Balaban J connectivity index is 2.15. The third kappa shape index (κ3) is 3.31. The number of hydrogen-bond donors (Lipinski definition) is 1. The third-order valence-electron chi connectivity index (χ3n) is 3.10. The quantitative estimate of drug-likeness (QED) is 0.927. The van der Waals surface area contributed by atoms with Crippen molar-refractivity contribution in [3.8, 4) is 0 Å². The van der Waals surface area contributed by atoms with Gasteiger partial charge in [-0.3, -0.25) is 4.98 Å². The van der Waals surface area contributed by atoms with E-state index in [1.165, 1.54) is 11.6 Å². The monoisotopic (exact) mass is 278 g/mol. The molecule has 1 aromatic carbocycles. The standard InChI is InChI=1S/C15H16ClFN2/c1-2-10-6-7-11(19-9-10)8-14(18)12-4-3-5-13(17)15(12)16/h3-7,9,14H,2,8,18H2,1H3. The molecule has 0 radical (unpaired) electrons. The van der Waals surface area contributed by atoms with Crippen LogP contribution in [0.1, 0.15) is 29.8 Å². The molecule has 1 unspecified atom stereocenters. The van der Waals surface area contributed by atoms with E-state index in [9.17, 15) is 4.39 Å². The lowest BCUT2D eigenvalue weighted by molar-refractivity contribution is 0.618. The fourth-order valence-corrected chi connectivity index (χ4v) is 2.19. The highest BCUT2D eigenvalue weighted by Crippen LogP contribution is 2.26. The largest absolute Gasteiger partial charge is 0.324 e. The van der Waals surface area contributed by atoms with Gasteiger partial charge >= 0.3 is 0 Å². The van der Waals surface area contributed by atoms with Crippen molar-refractivity contribution in [1.29, 1.82) is 0 Å². The molecule has 0 bridgehead atoms. The highest BCUT2D eigenvalue weighted by Gasteiger charge is 2.14. The Bertz CT molecular complexity index is 555. The lowest BCUT2D eigenvalue weighted by Gasteiger charge is -2.13.